The zero-order valence-corrected chi connectivity index (χ0v) is 16.0. The third-order valence-corrected chi connectivity index (χ3v) is 5.84. The molecule has 2 aromatic heterocycles. The van der Waals surface area contributed by atoms with Crippen molar-refractivity contribution in [2.75, 3.05) is 18.4 Å². The summed E-state index contributed by atoms with van der Waals surface area (Å²) in [7, 11) is 0. The highest BCUT2D eigenvalue weighted by Gasteiger charge is 2.21. The lowest BCUT2D eigenvalue weighted by Gasteiger charge is -2.03. The highest BCUT2D eigenvalue weighted by atomic mass is 32.1. The van der Waals surface area contributed by atoms with Crippen molar-refractivity contribution in [3.63, 3.8) is 0 Å². The molecule has 0 radical (unpaired) electrons. The predicted octanol–water partition coefficient (Wildman–Crippen LogP) is 2.75. The van der Waals surface area contributed by atoms with Gasteiger partial charge in [-0.15, -0.1) is 22.7 Å². The molecule has 1 aliphatic rings. The Labute approximate surface area is 155 Å². The minimum atomic E-state index is -0.0570. The van der Waals surface area contributed by atoms with Crippen molar-refractivity contribution in [1.82, 2.24) is 15.6 Å². The summed E-state index contributed by atoms with van der Waals surface area (Å²) >= 11 is 3.09. The van der Waals surface area contributed by atoms with Crippen LogP contribution in [0.5, 0.6) is 0 Å². The lowest BCUT2D eigenvalue weighted by Crippen LogP contribution is -2.29. The summed E-state index contributed by atoms with van der Waals surface area (Å²) in [6, 6.07) is 4.00. The van der Waals surface area contributed by atoms with Gasteiger partial charge in [0, 0.05) is 16.7 Å². The molecule has 1 aliphatic carbocycles. The summed E-state index contributed by atoms with van der Waals surface area (Å²) < 4.78 is 0. The molecule has 0 unspecified atom stereocenters. The number of nitrogens with one attached hydrogen (secondary N) is 3. The van der Waals surface area contributed by atoms with Crippen molar-refractivity contribution in [3.05, 3.63) is 21.9 Å². The van der Waals surface area contributed by atoms with Gasteiger partial charge < -0.3 is 16.0 Å². The number of nitrogens with zero attached hydrogens (tertiary/aromatic N) is 1. The van der Waals surface area contributed by atoms with E-state index in [-0.39, 0.29) is 11.8 Å². The van der Waals surface area contributed by atoms with Gasteiger partial charge in [-0.3, -0.25) is 9.59 Å². The summed E-state index contributed by atoms with van der Waals surface area (Å²) in [5.74, 6) is 0.658. The zero-order chi connectivity index (χ0) is 17.8. The smallest absolute Gasteiger partial charge is 0.240 e. The number of thiophene rings is 1. The highest BCUT2D eigenvalue weighted by molar-refractivity contribution is 7.18. The molecule has 8 heteroatoms. The third-order valence-electron chi connectivity index (χ3n) is 3.87. The predicted molar refractivity (Wildman–Crippen MR) is 102 cm³/mol. The molecular weight excluding hydrogens is 356 g/mol. The Balaban J connectivity index is 1.57. The van der Waals surface area contributed by atoms with E-state index in [1.54, 1.807) is 11.3 Å². The normalized spacial score (nSPS) is 13.7. The van der Waals surface area contributed by atoms with Gasteiger partial charge >= 0.3 is 0 Å². The Morgan fingerprint density at radius 1 is 1.28 bits per heavy atom. The SMILES string of the molecule is CC(=O)NCc1ccc(-c2nc(NC(=O)CNCC3CC3)sc2C)s1. The Bertz CT molecular complexity index is 765. The number of hydrogen-bond donors (Lipinski definition) is 3. The van der Waals surface area contributed by atoms with Crippen LogP contribution in [0.1, 0.15) is 29.5 Å². The molecule has 2 aromatic rings. The summed E-state index contributed by atoms with van der Waals surface area (Å²) in [5.41, 5.74) is 0.894. The Morgan fingerprint density at radius 2 is 2.08 bits per heavy atom. The molecule has 1 saturated carbocycles. The first-order valence-electron chi connectivity index (χ1n) is 8.33. The summed E-state index contributed by atoms with van der Waals surface area (Å²) in [6.07, 6.45) is 2.54. The highest BCUT2D eigenvalue weighted by Crippen LogP contribution is 2.34. The zero-order valence-electron chi connectivity index (χ0n) is 14.3. The maximum Gasteiger partial charge on any atom is 0.240 e. The fourth-order valence-electron chi connectivity index (χ4n) is 2.37. The van der Waals surface area contributed by atoms with Crippen molar-refractivity contribution in [2.24, 2.45) is 5.92 Å². The van der Waals surface area contributed by atoms with Gasteiger partial charge in [-0.25, -0.2) is 4.98 Å². The number of rotatable bonds is 8. The molecule has 6 nitrogen and oxygen atoms in total. The minimum absolute atomic E-state index is 0.0416. The molecule has 2 heterocycles. The van der Waals surface area contributed by atoms with Crippen molar-refractivity contribution >= 4 is 39.6 Å². The molecule has 0 atom stereocenters. The Kier molecular flexibility index (Phi) is 5.82. The van der Waals surface area contributed by atoms with E-state index in [4.69, 9.17) is 0 Å². The van der Waals surface area contributed by atoms with E-state index >= 15 is 0 Å². The summed E-state index contributed by atoms with van der Waals surface area (Å²) in [6.45, 7) is 5.28. The van der Waals surface area contributed by atoms with Crippen LogP contribution >= 0.6 is 22.7 Å². The van der Waals surface area contributed by atoms with Crippen LogP contribution in [0.2, 0.25) is 0 Å². The molecule has 0 bridgehead atoms. The molecule has 25 heavy (non-hydrogen) atoms. The quantitative estimate of drug-likeness (QED) is 0.660. The van der Waals surface area contributed by atoms with Crippen molar-refractivity contribution in [2.45, 2.75) is 33.2 Å². The fraction of sp³-hybridized carbons (Fsp3) is 0.471. The number of thiazole rings is 1. The molecular formula is C17H22N4O2S2. The molecule has 0 saturated heterocycles. The third kappa shape index (κ3) is 5.35. The largest absolute Gasteiger partial charge is 0.351 e. The van der Waals surface area contributed by atoms with Gasteiger partial charge in [0.05, 0.1) is 23.7 Å². The van der Waals surface area contributed by atoms with E-state index < -0.39 is 0 Å². The van der Waals surface area contributed by atoms with Gasteiger partial charge in [0.2, 0.25) is 11.8 Å². The van der Waals surface area contributed by atoms with Crippen molar-refractivity contribution in [1.29, 1.82) is 0 Å². The lowest BCUT2D eigenvalue weighted by atomic mass is 10.3. The van der Waals surface area contributed by atoms with Crippen LogP contribution in [0.3, 0.4) is 0 Å². The van der Waals surface area contributed by atoms with E-state index in [0.717, 1.165) is 32.8 Å². The van der Waals surface area contributed by atoms with Gasteiger partial charge in [0.25, 0.3) is 0 Å². The van der Waals surface area contributed by atoms with Crippen LogP contribution in [0.25, 0.3) is 10.6 Å². The van der Waals surface area contributed by atoms with E-state index in [1.165, 1.54) is 31.1 Å². The first kappa shape index (κ1) is 18.0. The molecule has 1 fully saturated rings. The molecule has 0 aliphatic heterocycles. The lowest BCUT2D eigenvalue weighted by molar-refractivity contribution is -0.119. The Hall–Kier alpha value is -1.77. The number of carbonyl (C=O) groups is 2. The average Bonchev–Trinajstić information content (AvgIpc) is 3.13. The molecule has 3 N–H and O–H groups in total. The van der Waals surface area contributed by atoms with E-state index in [0.29, 0.717) is 18.2 Å². The van der Waals surface area contributed by atoms with Gasteiger partial charge in [0.1, 0.15) is 0 Å². The molecule has 2 amide bonds. The molecule has 0 aromatic carbocycles. The van der Waals surface area contributed by atoms with Gasteiger partial charge in [0.15, 0.2) is 5.13 Å². The second kappa shape index (κ2) is 8.07. The monoisotopic (exact) mass is 378 g/mol. The van der Waals surface area contributed by atoms with Crippen molar-refractivity contribution in [3.8, 4) is 10.6 Å². The minimum Gasteiger partial charge on any atom is -0.351 e. The summed E-state index contributed by atoms with van der Waals surface area (Å²) in [4.78, 5) is 30.7. The second-order valence-corrected chi connectivity index (χ2v) is 8.59. The topological polar surface area (TPSA) is 83.1 Å². The van der Waals surface area contributed by atoms with E-state index in [1.807, 2.05) is 19.1 Å². The van der Waals surface area contributed by atoms with Gasteiger partial charge in [-0.2, -0.15) is 0 Å². The number of anilines is 1. The van der Waals surface area contributed by atoms with Crippen LogP contribution < -0.4 is 16.0 Å². The number of hydrogen-bond acceptors (Lipinski definition) is 6. The number of aromatic nitrogens is 1. The van der Waals surface area contributed by atoms with Crippen LogP contribution in [-0.4, -0.2) is 29.9 Å². The maximum atomic E-state index is 12.0. The fourth-order valence-corrected chi connectivity index (χ4v) is 4.27. The average molecular weight is 379 g/mol. The van der Waals surface area contributed by atoms with Crippen LogP contribution in [0.4, 0.5) is 5.13 Å². The van der Waals surface area contributed by atoms with Gasteiger partial charge in [-0.1, -0.05) is 0 Å². The van der Waals surface area contributed by atoms with E-state index in [2.05, 4.69) is 20.9 Å². The molecule has 3 rings (SSSR count). The first-order valence-corrected chi connectivity index (χ1v) is 9.96. The van der Waals surface area contributed by atoms with Crippen LogP contribution in [-0.2, 0) is 16.1 Å². The molecule has 134 valence electrons. The Morgan fingerprint density at radius 3 is 2.80 bits per heavy atom. The second-order valence-electron chi connectivity index (χ2n) is 6.22. The van der Waals surface area contributed by atoms with Crippen LogP contribution in [0, 0.1) is 12.8 Å². The standard InChI is InChI=1S/C17H22N4O2S2/c1-10-16(14-6-5-13(25-14)8-19-11(2)22)21-17(24-10)20-15(23)9-18-7-12-3-4-12/h5-6,12,18H,3-4,7-9H2,1-2H3,(H,19,22)(H,20,21,23). The first-order chi connectivity index (χ1) is 12.0. The maximum absolute atomic E-state index is 12.0. The molecule has 0 spiro atoms. The number of aryl methyl sites for hydroxylation is 1. The van der Waals surface area contributed by atoms with Crippen LogP contribution in [0.15, 0.2) is 12.1 Å². The summed E-state index contributed by atoms with van der Waals surface area (Å²) in [5, 5.41) is 9.47. The van der Waals surface area contributed by atoms with Gasteiger partial charge in [-0.05, 0) is 44.4 Å². The number of carbonyl (C=O) groups excluding carboxylic acids is 2. The number of amides is 2. The van der Waals surface area contributed by atoms with E-state index in [9.17, 15) is 9.59 Å². The van der Waals surface area contributed by atoms with Crippen molar-refractivity contribution < 1.29 is 9.59 Å².